The van der Waals surface area contributed by atoms with Crippen molar-refractivity contribution in [3.8, 4) is 5.75 Å². The second-order valence-electron chi connectivity index (χ2n) is 6.94. The lowest BCUT2D eigenvalue weighted by Crippen LogP contribution is -2.31. The van der Waals surface area contributed by atoms with Crippen molar-refractivity contribution >= 4 is 17.6 Å². The van der Waals surface area contributed by atoms with Gasteiger partial charge in [-0.25, -0.2) is 4.79 Å². The largest absolute Gasteiger partial charge is 0.494 e. The van der Waals surface area contributed by atoms with E-state index in [1.165, 1.54) is 0 Å². The van der Waals surface area contributed by atoms with Crippen molar-refractivity contribution in [2.24, 2.45) is 0 Å². The summed E-state index contributed by atoms with van der Waals surface area (Å²) in [6.45, 7) is 4.66. The monoisotopic (exact) mass is 381 g/mol. The number of nitrogens with one attached hydrogen (secondary N) is 1. The Morgan fingerprint density at radius 3 is 2.50 bits per heavy atom. The van der Waals surface area contributed by atoms with Crippen LogP contribution in [0.15, 0.2) is 48.5 Å². The number of anilines is 1. The molecular weight excluding hydrogens is 354 g/mol. The van der Waals surface area contributed by atoms with Crippen molar-refractivity contribution < 1.29 is 14.3 Å². The number of carbonyl (C=O) groups excluding carboxylic acids is 2. The van der Waals surface area contributed by atoms with Gasteiger partial charge in [0, 0.05) is 37.9 Å². The second-order valence-corrected chi connectivity index (χ2v) is 6.94. The van der Waals surface area contributed by atoms with Crippen molar-refractivity contribution in [3.63, 3.8) is 0 Å². The fourth-order valence-electron chi connectivity index (χ4n) is 3.26. The van der Waals surface area contributed by atoms with Crippen LogP contribution >= 0.6 is 0 Å². The molecule has 1 saturated heterocycles. The molecule has 1 fully saturated rings. The summed E-state index contributed by atoms with van der Waals surface area (Å²) in [4.78, 5) is 28.5. The lowest BCUT2D eigenvalue weighted by molar-refractivity contribution is 0.0793. The minimum absolute atomic E-state index is 0.0244. The van der Waals surface area contributed by atoms with Gasteiger partial charge in [-0.1, -0.05) is 18.2 Å². The number of likely N-dealkylation sites (tertiary alicyclic amines) is 1. The van der Waals surface area contributed by atoms with E-state index in [0.717, 1.165) is 37.2 Å². The van der Waals surface area contributed by atoms with Gasteiger partial charge in [0.25, 0.3) is 5.91 Å². The van der Waals surface area contributed by atoms with E-state index in [0.29, 0.717) is 24.4 Å². The molecule has 0 bridgehead atoms. The topological polar surface area (TPSA) is 61.9 Å². The van der Waals surface area contributed by atoms with Crippen LogP contribution < -0.4 is 10.1 Å². The number of hydrogen-bond acceptors (Lipinski definition) is 3. The summed E-state index contributed by atoms with van der Waals surface area (Å²) in [6.07, 6.45) is 2.11. The van der Waals surface area contributed by atoms with Crippen molar-refractivity contribution in [3.05, 3.63) is 59.7 Å². The first kappa shape index (κ1) is 19.7. The highest BCUT2D eigenvalue weighted by molar-refractivity contribution is 5.97. The average molecular weight is 381 g/mol. The molecule has 6 nitrogen and oxygen atoms in total. The molecule has 148 valence electrons. The van der Waals surface area contributed by atoms with E-state index in [1.54, 1.807) is 36.2 Å². The Morgan fingerprint density at radius 1 is 1.11 bits per heavy atom. The van der Waals surface area contributed by atoms with Gasteiger partial charge in [-0.05, 0) is 55.7 Å². The molecule has 1 heterocycles. The smallest absolute Gasteiger partial charge is 0.321 e. The van der Waals surface area contributed by atoms with Gasteiger partial charge < -0.3 is 19.9 Å². The van der Waals surface area contributed by atoms with Gasteiger partial charge in [-0.2, -0.15) is 0 Å². The zero-order valence-corrected chi connectivity index (χ0v) is 16.5. The van der Waals surface area contributed by atoms with Crippen molar-refractivity contribution in [2.75, 3.05) is 32.1 Å². The molecule has 3 rings (SSSR count). The summed E-state index contributed by atoms with van der Waals surface area (Å²) in [5.41, 5.74) is 2.24. The molecule has 1 aliphatic heterocycles. The zero-order chi connectivity index (χ0) is 19.9. The number of nitrogens with zero attached hydrogens (tertiary/aromatic N) is 2. The molecule has 0 aromatic heterocycles. The summed E-state index contributed by atoms with van der Waals surface area (Å²) < 4.78 is 5.44. The molecule has 0 aliphatic carbocycles. The number of benzene rings is 2. The Balaban J connectivity index is 1.59. The third-order valence-electron chi connectivity index (χ3n) is 4.75. The third kappa shape index (κ3) is 5.03. The van der Waals surface area contributed by atoms with Crippen LogP contribution in [0.3, 0.4) is 0 Å². The minimum atomic E-state index is -0.223. The highest BCUT2D eigenvalue weighted by atomic mass is 16.5. The number of ether oxygens (including phenoxy) is 1. The molecule has 0 spiro atoms. The molecule has 2 aromatic carbocycles. The molecule has 2 aromatic rings. The van der Waals surface area contributed by atoms with Gasteiger partial charge in [-0.3, -0.25) is 4.79 Å². The normalized spacial score (nSPS) is 13.3. The first-order valence-corrected chi connectivity index (χ1v) is 9.70. The second kappa shape index (κ2) is 9.26. The van der Waals surface area contributed by atoms with Crippen LogP contribution in [0.4, 0.5) is 10.5 Å². The predicted octanol–water partition coefficient (Wildman–Crippen LogP) is 3.99. The van der Waals surface area contributed by atoms with E-state index < -0.39 is 0 Å². The fraction of sp³-hybridized carbons (Fsp3) is 0.364. The van der Waals surface area contributed by atoms with Crippen LogP contribution in [0.5, 0.6) is 5.75 Å². The summed E-state index contributed by atoms with van der Waals surface area (Å²) in [7, 11) is 1.74. The minimum Gasteiger partial charge on any atom is -0.494 e. The molecule has 3 amide bonds. The Bertz CT molecular complexity index is 814. The van der Waals surface area contributed by atoms with Gasteiger partial charge >= 0.3 is 6.03 Å². The molecule has 0 unspecified atom stereocenters. The van der Waals surface area contributed by atoms with Crippen LogP contribution in [-0.2, 0) is 6.54 Å². The molecule has 0 radical (unpaired) electrons. The Hall–Kier alpha value is -3.02. The van der Waals surface area contributed by atoms with Crippen molar-refractivity contribution in [2.45, 2.75) is 26.3 Å². The van der Waals surface area contributed by atoms with Gasteiger partial charge in [0.2, 0.25) is 0 Å². The van der Waals surface area contributed by atoms with Gasteiger partial charge in [0.1, 0.15) is 5.75 Å². The molecule has 1 aliphatic rings. The van der Waals surface area contributed by atoms with Crippen molar-refractivity contribution in [1.82, 2.24) is 9.80 Å². The fourth-order valence-corrected chi connectivity index (χ4v) is 3.26. The molecule has 6 heteroatoms. The number of amides is 3. The Labute approximate surface area is 166 Å². The Kier molecular flexibility index (Phi) is 6.53. The first-order chi connectivity index (χ1) is 13.6. The summed E-state index contributed by atoms with van der Waals surface area (Å²) in [6, 6.07) is 14.6. The third-order valence-corrected chi connectivity index (χ3v) is 4.75. The van der Waals surface area contributed by atoms with Crippen LogP contribution in [0.1, 0.15) is 35.7 Å². The standard InChI is InChI=1S/C22H27N3O3/c1-3-28-20-11-9-17(10-12-20)16-24(2)22(27)23-19-8-6-7-18(15-19)21(26)25-13-4-5-14-25/h6-12,15H,3-5,13-14,16H2,1-2H3,(H,23,27). The number of carbonyl (C=O) groups is 2. The summed E-state index contributed by atoms with van der Waals surface area (Å²) in [5, 5.41) is 2.87. The van der Waals surface area contributed by atoms with Gasteiger partial charge in [0.05, 0.1) is 6.61 Å². The van der Waals surface area contributed by atoms with E-state index in [-0.39, 0.29) is 11.9 Å². The SMILES string of the molecule is CCOc1ccc(CN(C)C(=O)Nc2cccc(C(=O)N3CCCC3)c2)cc1. The van der Waals surface area contributed by atoms with Crippen molar-refractivity contribution in [1.29, 1.82) is 0 Å². The van der Waals surface area contributed by atoms with E-state index in [4.69, 9.17) is 4.74 Å². The first-order valence-electron chi connectivity index (χ1n) is 9.70. The van der Waals surface area contributed by atoms with E-state index in [1.807, 2.05) is 36.1 Å². The lowest BCUT2D eigenvalue weighted by atomic mass is 10.1. The molecule has 28 heavy (non-hydrogen) atoms. The van der Waals surface area contributed by atoms with Crippen LogP contribution in [0, 0.1) is 0 Å². The summed E-state index contributed by atoms with van der Waals surface area (Å²) in [5.74, 6) is 0.842. The average Bonchev–Trinajstić information content (AvgIpc) is 3.24. The highest BCUT2D eigenvalue weighted by Gasteiger charge is 2.20. The summed E-state index contributed by atoms with van der Waals surface area (Å²) >= 11 is 0. The molecular formula is C22H27N3O3. The zero-order valence-electron chi connectivity index (χ0n) is 16.5. The molecule has 0 atom stereocenters. The number of rotatable bonds is 6. The maximum Gasteiger partial charge on any atom is 0.321 e. The van der Waals surface area contributed by atoms with E-state index in [2.05, 4.69) is 5.32 Å². The van der Waals surface area contributed by atoms with Crippen LogP contribution in [0.25, 0.3) is 0 Å². The maximum atomic E-state index is 12.5. The maximum absolute atomic E-state index is 12.5. The van der Waals surface area contributed by atoms with Crippen LogP contribution in [-0.4, -0.2) is 48.5 Å². The van der Waals surface area contributed by atoms with Gasteiger partial charge in [-0.15, -0.1) is 0 Å². The van der Waals surface area contributed by atoms with E-state index >= 15 is 0 Å². The lowest BCUT2D eigenvalue weighted by Gasteiger charge is -2.19. The molecule has 1 N–H and O–H groups in total. The van der Waals surface area contributed by atoms with Crippen LogP contribution in [0.2, 0.25) is 0 Å². The Morgan fingerprint density at radius 2 is 1.82 bits per heavy atom. The van der Waals surface area contributed by atoms with E-state index in [9.17, 15) is 9.59 Å². The predicted molar refractivity (Wildman–Crippen MR) is 110 cm³/mol. The highest BCUT2D eigenvalue weighted by Crippen LogP contribution is 2.17. The number of hydrogen-bond donors (Lipinski definition) is 1. The quantitative estimate of drug-likeness (QED) is 0.823. The number of urea groups is 1. The molecule has 0 saturated carbocycles. The van der Waals surface area contributed by atoms with Gasteiger partial charge in [0.15, 0.2) is 0 Å².